The number of benzene rings is 2. The van der Waals surface area contributed by atoms with Crippen LogP contribution < -0.4 is 10.2 Å². The summed E-state index contributed by atoms with van der Waals surface area (Å²) in [5.74, 6) is -0.580. The predicted octanol–water partition coefficient (Wildman–Crippen LogP) is 4.67. The van der Waals surface area contributed by atoms with Crippen molar-refractivity contribution in [2.24, 2.45) is 0 Å². The molecule has 1 N–H and O–H groups in total. The lowest BCUT2D eigenvalue weighted by atomic mass is 10.1. The number of aryl methyl sites for hydroxylation is 2. The molecule has 0 radical (unpaired) electrons. The number of hydrogen-bond donors (Lipinski definition) is 1. The minimum atomic E-state index is -0.772. The predicted molar refractivity (Wildman–Crippen MR) is 121 cm³/mol. The van der Waals surface area contributed by atoms with Crippen molar-refractivity contribution in [2.75, 3.05) is 10.2 Å². The number of rotatable bonds is 6. The Bertz CT molecular complexity index is 980. The van der Waals surface area contributed by atoms with Crippen molar-refractivity contribution in [1.29, 1.82) is 0 Å². The summed E-state index contributed by atoms with van der Waals surface area (Å²) >= 11 is 0. The Labute approximate surface area is 183 Å². The summed E-state index contributed by atoms with van der Waals surface area (Å²) in [5, 5.41) is 2.88. The monoisotopic (exact) mass is 419 g/mol. The van der Waals surface area contributed by atoms with E-state index in [1.165, 1.54) is 10.5 Å². The van der Waals surface area contributed by atoms with Gasteiger partial charge in [0.05, 0.1) is 12.1 Å². The normalized spacial score (nSPS) is 19.4. The second-order valence-electron chi connectivity index (χ2n) is 8.46. The molecule has 2 fully saturated rings. The molecule has 2 aliphatic rings. The van der Waals surface area contributed by atoms with Gasteiger partial charge >= 0.3 is 6.03 Å². The average molecular weight is 420 g/mol. The van der Waals surface area contributed by atoms with Crippen molar-refractivity contribution >= 4 is 29.2 Å². The number of hydrogen-bond acceptors (Lipinski definition) is 3. The SMILES string of the molecule is CCc1ccc(NC(=O)C[C@@H]2C(=O)N(c3cccc(C)c3)C(=O)N2C2CCCC2)cc1. The topological polar surface area (TPSA) is 69.7 Å². The Morgan fingerprint density at radius 3 is 2.42 bits per heavy atom. The van der Waals surface area contributed by atoms with E-state index >= 15 is 0 Å². The maximum Gasteiger partial charge on any atom is 0.332 e. The van der Waals surface area contributed by atoms with Crippen LogP contribution in [0.15, 0.2) is 48.5 Å². The summed E-state index contributed by atoms with van der Waals surface area (Å²) in [5.41, 5.74) is 3.43. The highest BCUT2D eigenvalue weighted by molar-refractivity contribution is 6.22. The van der Waals surface area contributed by atoms with Crippen molar-refractivity contribution in [3.8, 4) is 0 Å². The minimum absolute atomic E-state index is 0.00731. The lowest BCUT2D eigenvalue weighted by Crippen LogP contribution is -2.43. The number of anilines is 2. The van der Waals surface area contributed by atoms with E-state index in [-0.39, 0.29) is 30.3 Å². The summed E-state index contributed by atoms with van der Waals surface area (Å²) in [6, 6.07) is 14.0. The van der Waals surface area contributed by atoms with E-state index in [4.69, 9.17) is 0 Å². The van der Waals surface area contributed by atoms with E-state index < -0.39 is 6.04 Å². The van der Waals surface area contributed by atoms with Gasteiger partial charge in [-0.1, -0.05) is 44.0 Å². The molecule has 31 heavy (non-hydrogen) atoms. The standard InChI is InChI=1S/C25H29N3O3/c1-3-18-11-13-19(14-12-18)26-23(29)16-22-24(30)28(21-10-6-7-17(2)15-21)25(31)27(22)20-8-4-5-9-20/h6-7,10-15,20,22H,3-5,8-9,16H2,1-2H3,(H,26,29)/t22-/m1/s1. The van der Waals surface area contributed by atoms with Crippen LogP contribution in [0.5, 0.6) is 0 Å². The summed E-state index contributed by atoms with van der Waals surface area (Å²) in [4.78, 5) is 42.4. The van der Waals surface area contributed by atoms with Gasteiger partial charge in [-0.2, -0.15) is 0 Å². The average Bonchev–Trinajstić information content (AvgIpc) is 3.35. The number of carbonyl (C=O) groups excluding carboxylic acids is 3. The first-order valence-electron chi connectivity index (χ1n) is 11.1. The molecule has 0 unspecified atom stereocenters. The molecule has 1 aliphatic heterocycles. The molecular formula is C25H29N3O3. The van der Waals surface area contributed by atoms with E-state index in [0.29, 0.717) is 11.4 Å². The van der Waals surface area contributed by atoms with Gasteiger partial charge in [0.1, 0.15) is 6.04 Å². The van der Waals surface area contributed by atoms with Gasteiger partial charge in [-0.25, -0.2) is 9.69 Å². The molecule has 1 heterocycles. The van der Waals surface area contributed by atoms with Crippen LogP contribution in [0.25, 0.3) is 0 Å². The molecule has 6 nitrogen and oxygen atoms in total. The first kappa shape index (κ1) is 21.1. The Morgan fingerprint density at radius 2 is 1.77 bits per heavy atom. The van der Waals surface area contributed by atoms with E-state index in [9.17, 15) is 14.4 Å². The van der Waals surface area contributed by atoms with Gasteiger partial charge in [0.2, 0.25) is 5.91 Å². The van der Waals surface area contributed by atoms with Crippen molar-refractivity contribution in [1.82, 2.24) is 4.90 Å². The number of nitrogens with zero attached hydrogens (tertiary/aromatic N) is 2. The molecule has 1 aliphatic carbocycles. The molecule has 2 aromatic carbocycles. The number of carbonyl (C=O) groups is 3. The van der Waals surface area contributed by atoms with Crippen LogP contribution in [0.1, 0.15) is 50.2 Å². The Balaban J connectivity index is 1.56. The molecule has 1 saturated heterocycles. The molecular weight excluding hydrogens is 390 g/mol. The summed E-state index contributed by atoms with van der Waals surface area (Å²) in [6.45, 7) is 4.01. The lowest BCUT2D eigenvalue weighted by Gasteiger charge is -2.27. The number of urea groups is 1. The highest BCUT2D eigenvalue weighted by atomic mass is 16.2. The third kappa shape index (κ3) is 4.33. The number of nitrogens with one attached hydrogen (secondary N) is 1. The van der Waals surface area contributed by atoms with Crippen molar-refractivity contribution in [3.63, 3.8) is 0 Å². The van der Waals surface area contributed by atoms with Gasteiger partial charge in [0.25, 0.3) is 5.91 Å². The second kappa shape index (κ2) is 8.92. The van der Waals surface area contributed by atoms with Crippen LogP contribution >= 0.6 is 0 Å². The maximum absolute atomic E-state index is 13.3. The molecule has 0 bridgehead atoms. The Morgan fingerprint density at radius 1 is 1.06 bits per heavy atom. The zero-order valence-corrected chi connectivity index (χ0v) is 18.1. The highest BCUT2D eigenvalue weighted by Crippen LogP contribution is 2.34. The van der Waals surface area contributed by atoms with Gasteiger partial charge in [-0.3, -0.25) is 9.59 Å². The van der Waals surface area contributed by atoms with Crippen molar-refractivity contribution < 1.29 is 14.4 Å². The van der Waals surface area contributed by atoms with Crippen LogP contribution in [0.2, 0.25) is 0 Å². The van der Waals surface area contributed by atoms with E-state index in [0.717, 1.165) is 37.7 Å². The van der Waals surface area contributed by atoms with Gasteiger partial charge in [0.15, 0.2) is 0 Å². The zero-order valence-electron chi connectivity index (χ0n) is 18.1. The molecule has 4 amide bonds. The van der Waals surface area contributed by atoms with Gasteiger partial charge in [-0.15, -0.1) is 0 Å². The largest absolute Gasteiger partial charge is 0.332 e. The van der Waals surface area contributed by atoms with Crippen LogP contribution in [0, 0.1) is 6.92 Å². The zero-order chi connectivity index (χ0) is 22.0. The number of imide groups is 1. The molecule has 162 valence electrons. The molecule has 6 heteroatoms. The highest BCUT2D eigenvalue weighted by Gasteiger charge is 2.49. The van der Waals surface area contributed by atoms with Crippen molar-refractivity contribution in [3.05, 3.63) is 59.7 Å². The number of amides is 4. The molecule has 4 rings (SSSR count). The van der Waals surface area contributed by atoms with E-state index in [1.807, 2.05) is 49.4 Å². The van der Waals surface area contributed by atoms with Gasteiger partial charge < -0.3 is 10.2 Å². The summed E-state index contributed by atoms with van der Waals surface area (Å²) in [7, 11) is 0. The van der Waals surface area contributed by atoms with Gasteiger partial charge in [-0.05, 0) is 61.6 Å². The fourth-order valence-electron chi connectivity index (χ4n) is 4.61. The smallest absolute Gasteiger partial charge is 0.326 e. The molecule has 2 aromatic rings. The van der Waals surface area contributed by atoms with Crippen LogP contribution in [-0.4, -0.2) is 34.8 Å². The van der Waals surface area contributed by atoms with Crippen LogP contribution in [0.4, 0.5) is 16.2 Å². The fraction of sp³-hybridized carbons (Fsp3) is 0.400. The van der Waals surface area contributed by atoms with Crippen LogP contribution in [-0.2, 0) is 16.0 Å². The Kier molecular flexibility index (Phi) is 6.07. The molecule has 1 saturated carbocycles. The maximum atomic E-state index is 13.3. The van der Waals surface area contributed by atoms with Gasteiger partial charge in [0, 0.05) is 11.7 Å². The third-order valence-corrected chi connectivity index (χ3v) is 6.26. The second-order valence-corrected chi connectivity index (χ2v) is 8.46. The quantitative estimate of drug-likeness (QED) is 0.692. The fourth-order valence-corrected chi connectivity index (χ4v) is 4.61. The minimum Gasteiger partial charge on any atom is -0.326 e. The van der Waals surface area contributed by atoms with E-state index in [1.54, 1.807) is 11.0 Å². The van der Waals surface area contributed by atoms with Crippen LogP contribution in [0.3, 0.4) is 0 Å². The molecule has 0 spiro atoms. The summed E-state index contributed by atoms with van der Waals surface area (Å²) in [6.07, 6.45) is 4.71. The third-order valence-electron chi connectivity index (χ3n) is 6.26. The first-order chi connectivity index (χ1) is 15.0. The molecule has 1 atom stereocenters. The first-order valence-corrected chi connectivity index (χ1v) is 11.1. The Hall–Kier alpha value is -3.15. The molecule has 0 aromatic heterocycles. The van der Waals surface area contributed by atoms with Crippen molar-refractivity contribution in [2.45, 2.75) is 64.5 Å². The van der Waals surface area contributed by atoms with E-state index in [2.05, 4.69) is 12.2 Å². The summed E-state index contributed by atoms with van der Waals surface area (Å²) < 4.78 is 0. The lowest BCUT2D eigenvalue weighted by molar-refractivity contribution is -0.124.